The fourth-order valence-electron chi connectivity index (χ4n) is 1.29. The van der Waals surface area contributed by atoms with Gasteiger partial charge in [0, 0.05) is 6.04 Å². The molecule has 0 heterocycles. The van der Waals surface area contributed by atoms with Gasteiger partial charge in [-0.2, -0.15) is 0 Å². The van der Waals surface area contributed by atoms with E-state index in [1.165, 1.54) is 12.8 Å². The quantitative estimate of drug-likeness (QED) is 0.705. The fourth-order valence-corrected chi connectivity index (χ4v) is 1.29. The Labute approximate surface area is 104 Å². The number of hydrogen-bond donors (Lipinski definition) is 1. The summed E-state index contributed by atoms with van der Waals surface area (Å²) in [4.78, 5) is 0. The van der Waals surface area contributed by atoms with Crippen LogP contribution in [0.1, 0.15) is 68.2 Å². The first kappa shape index (κ1) is 24.9. The van der Waals surface area contributed by atoms with E-state index >= 15 is 0 Å². The van der Waals surface area contributed by atoms with Gasteiger partial charge >= 0.3 is 0 Å². The van der Waals surface area contributed by atoms with E-state index in [4.69, 9.17) is 0 Å². The zero-order valence-electron chi connectivity index (χ0n) is 13.2. The van der Waals surface area contributed by atoms with Crippen LogP contribution in [0.15, 0.2) is 0 Å². The zero-order valence-corrected chi connectivity index (χ0v) is 13.2. The second kappa shape index (κ2) is 29.4. The molecule has 1 N–H and O–H groups in total. The molecule has 0 aliphatic rings. The molecule has 2 heteroatoms. The van der Waals surface area contributed by atoms with Crippen molar-refractivity contribution in [1.29, 1.82) is 0 Å². The number of alkyl halides is 1. The molecule has 0 aromatic heterocycles. The Morgan fingerprint density at radius 2 is 1.25 bits per heavy atom. The first-order valence-electron chi connectivity index (χ1n) is 6.87. The number of nitrogens with one attached hydrogen (secondary N) is 1. The van der Waals surface area contributed by atoms with Crippen LogP contribution in [0.3, 0.4) is 0 Å². The van der Waals surface area contributed by atoms with Gasteiger partial charge in [-0.25, -0.2) is 0 Å². The number of rotatable bonds is 5. The summed E-state index contributed by atoms with van der Waals surface area (Å²) in [5.74, 6) is 0.824. The average Bonchev–Trinajstić information content (AvgIpc) is 2.42. The highest BCUT2D eigenvalue weighted by Crippen LogP contribution is 2.09. The lowest BCUT2D eigenvalue weighted by Crippen LogP contribution is -2.33. The molecule has 2 unspecified atom stereocenters. The van der Waals surface area contributed by atoms with E-state index in [0.29, 0.717) is 7.18 Å². The lowest BCUT2D eigenvalue weighted by atomic mass is 9.97. The van der Waals surface area contributed by atoms with Crippen LogP contribution < -0.4 is 5.32 Å². The standard InChI is InChI=1S/C9H21N.2C2H6.CH3F/c1-5-8(4)9(6-2)10-7-3;3*1-2/h8-10H,5-7H2,1-4H3;2*1-2H3;1H3. The molecule has 0 spiro atoms. The molecule has 0 aliphatic carbocycles. The maximum absolute atomic E-state index is 9.50. The van der Waals surface area contributed by atoms with Gasteiger partial charge in [-0.05, 0) is 18.9 Å². The molecular formula is C14H36FN. The molecule has 0 saturated carbocycles. The van der Waals surface area contributed by atoms with Crippen molar-refractivity contribution in [3.05, 3.63) is 0 Å². The Kier molecular flexibility index (Phi) is 45.7. The highest BCUT2D eigenvalue weighted by molar-refractivity contribution is 4.69. The maximum atomic E-state index is 9.50. The summed E-state index contributed by atoms with van der Waals surface area (Å²) in [7, 11) is 0.500. The van der Waals surface area contributed by atoms with Crippen LogP contribution in [0.5, 0.6) is 0 Å². The second-order valence-corrected chi connectivity index (χ2v) is 2.96. The minimum atomic E-state index is 0.500. The summed E-state index contributed by atoms with van der Waals surface area (Å²) in [6.07, 6.45) is 2.54. The van der Waals surface area contributed by atoms with Crippen LogP contribution in [0.25, 0.3) is 0 Å². The molecule has 0 saturated heterocycles. The second-order valence-electron chi connectivity index (χ2n) is 2.96. The molecule has 0 aliphatic heterocycles. The van der Waals surface area contributed by atoms with Gasteiger partial charge in [-0.3, -0.25) is 4.39 Å². The van der Waals surface area contributed by atoms with Gasteiger partial charge in [0.25, 0.3) is 0 Å². The molecule has 0 rings (SSSR count). The molecule has 0 aromatic carbocycles. The fraction of sp³-hybridized carbons (Fsp3) is 1.00. The number of hydrogen-bond acceptors (Lipinski definition) is 1. The van der Waals surface area contributed by atoms with Crippen LogP contribution in [-0.2, 0) is 0 Å². The molecule has 0 fully saturated rings. The third-order valence-electron chi connectivity index (χ3n) is 2.24. The van der Waals surface area contributed by atoms with Crippen molar-refractivity contribution >= 4 is 0 Å². The summed E-state index contributed by atoms with van der Waals surface area (Å²) in [5.41, 5.74) is 0. The summed E-state index contributed by atoms with van der Waals surface area (Å²) in [5, 5.41) is 3.48. The molecular weight excluding hydrogens is 201 g/mol. The lowest BCUT2D eigenvalue weighted by Gasteiger charge is -2.21. The molecule has 2 atom stereocenters. The van der Waals surface area contributed by atoms with Gasteiger partial charge in [0.1, 0.15) is 0 Å². The minimum Gasteiger partial charge on any atom is -0.314 e. The van der Waals surface area contributed by atoms with E-state index < -0.39 is 0 Å². The molecule has 104 valence electrons. The Bertz CT molecular complexity index is 77.1. The zero-order chi connectivity index (χ0) is 14.0. The maximum Gasteiger partial charge on any atom is 0.0785 e. The van der Waals surface area contributed by atoms with E-state index in [1.807, 2.05) is 27.7 Å². The largest absolute Gasteiger partial charge is 0.314 e. The summed E-state index contributed by atoms with van der Waals surface area (Å²) in [6, 6.07) is 0.731. The van der Waals surface area contributed by atoms with Crippen LogP contribution in [0.4, 0.5) is 4.39 Å². The van der Waals surface area contributed by atoms with Crippen molar-refractivity contribution in [2.45, 2.75) is 74.3 Å². The Balaban J connectivity index is -0.000000103. The van der Waals surface area contributed by atoms with Gasteiger partial charge in [0.15, 0.2) is 0 Å². The van der Waals surface area contributed by atoms with Crippen molar-refractivity contribution < 1.29 is 4.39 Å². The molecule has 16 heavy (non-hydrogen) atoms. The molecule has 0 radical (unpaired) electrons. The van der Waals surface area contributed by atoms with Crippen LogP contribution >= 0.6 is 0 Å². The van der Waals surface area contributed by atoms with Crippen LogP contribution in [0.2, 0.25) is 0 Å². The first-order valence-corrected chi connectivity index (χ1v) is 6.87. The highest BCUT2D eigenvalue weighted by atomic mass is 19.1. The van der Waals surface area contributed by atoms with Crippen LogP contribution in [0, 0.1) is 5.92 Å². The third-order valence-corrected chi connectivity index (χ3v) is 2.24. The smallest absolute Gasteiger partial charge is 0.0785 e. The number of halogens is 1. The summed E-state index contributed by atoms with van der Waals surface area (Å²) >= 11 is 0. The van der Waals surface area contributed by atoms with E-state index in [2.05, 4.69) is 33.0 Å². The van der Waals surface area contributed by atoms with E-state index in [1.54, 1.807) is 0 Å². The van der Waals surface area contributed by atoms with Crippen molar-refractivity contribution in [3.63, 3.8) is 0 Å². The van der Waals surface area contributed by atoms with Gasteiger partial charge in [0.05, 0.1) is 7.18 Å². The van der Waals surface area contributed by atoms with Crippen molar-refractivity contribution in [2.75, 3.05) is 13.7 Å². The third kappa shape index (κ3) is 19.5. The highest BCUT2D eigenvalue weighted by Gasteiger charge is 2.10. The SMILES string of the molecule is CC.CC.CCNC(CC)C(C)CC.CF. The Hall–Kier alpha value is -0.110. The summed E-state index contributed by atoms with van der Waals surface area (Å²) in [6.45, 7) is 18.1. The molecule has 1 nitrogen and oxygen atoms in total. The van der Waals surface area contributed by atoms with Crippen molar-refractivity contribution in [3.8, 4) is 0 Å². The van der Waals surface area contributed by atoms with E-state index in [0.717, 1.165) is 18.5 Å². The lowest BCUT2D eigenvalue weighted by molar-refractivity contribution is 0.364. The van der Waals surface area contributed by atoms with E-state index in [9.17, 15) is 4.39 Å². The monoisotopic (exact) mass is 237 g/mol. The predicted molar refractivity (Wildman–Crippen MR) is 76.9 cm³/mol. The van der Waals surface area contributed by atoms with Crippen molar-refractivity contribution in [1.82, 2.24) is 5.32 Å². The molecule has 0 aromatic rings. The predicted octanol–water partition coefficient (Wildman–Crippen LogP) is 5.06. The minimum absolute atomic E-state index is 0.500. The summed E-state index contributed by atoms with van der Waals surface area (Å²) < 4.78 is 9.50. The topological polar surface area (TPSA) is 12.0 Å². The first-order chi connectivity index (χ1) is 7.76. The van der Waals surface area contributed by atoms with E-state index in [-0.39, 0.29) is 0 Å². The van der Waals surface area contributed by atoms with Gasteiger partial charge in [-0.15, -0.1) is 0 Å². The molecule has 0 bridgehead atoms. The van der Waals surface area contributed by atoms with Crippen LogP contribution in [-0.4, -0.2) is 19.8 Å². The Morgan fingerprint density at radius 1 is 0.875 bits per heavy atom. The van der Waals surface area contributed by atoms with Crippen molar-refractivity contribution in [2.24, 2.45) is 5.92 Å². The van der Waals surface area contributed by atoms with Gasteiger partial charge < -0.3 is 5.32 Å². The Morgan fingerprint density at radius 3 is 1.44 bits per heavy atom. The normalized spacial score (nSPS) is 11.6. The molecule has 0 amide bonds. The average molecular weight is 237 g/mol. The van der Waals surface area contributed by atoms with Gasteiger partial charge in [0.2, 0.25) is 0 Å². The van der Waals surface area contributed by atoms with Gasteiger partial charge in [-0.1, -0.05) is 61.8 Å².